The van der Waals surface area contributed by atoms with Crippen LogP contribution in [0.25, 0.3) is 5.57 Å². The lowest BCUT2D eigenvalue weighted by molar-refractivity contribution is -0.131. The molecule has 0 aliphatic rings. The maximum absolute atomic E-state index is 10.4. The Morgan fingerprint density at radius 2 is 2.19 bits per heavy atom. The normalized spacial score (nSPS) is 13.4. The summed E-state index contributed by atoms with van der Waals surface area (Å²) in [4.78, 5) is 10.4. The zero-order valence-electron chi connectivity index (χ0n) is 9.31. The van der Waals surface area contributed by atoms with Crippen molar-refractivity contribution in [1.29, 1.82) is 0 Å². The Bertz CT molecular complexity index is 437. The van der Waals surface area contributed by atoms with E-state index in [1.165, 1.54) is 17.2 Å². The molecule has 0 bridgehead atoms. The molecule has 0 fully saturated rings. The van der Waals surface area contributed by atoms with Crippen LogP contribution in [0.2, 0.25) is 0 Å². The second kappa shape index (κ2) is 6.08. The van der Waals surface area contributed by atoms with Gasteiger partial charge >= 0.3 is 5.97 Å². The molecule has 0 aliphatic carbocycles. The minimum Gasteiger partial charge on any atom is -0.478 e. The van der Waals surface area contributed by atoms with E-state index < -0.39 is 5.97 Å². The average Bonchev–Trinajstić information content (AvgIpc) is 2.68. The van der Waals surface area contributed by atoms with Gasteiger partial charge in [0.25, 0.3) is 0 Å². The van der Waals surface area contributed by atoms with Crippen molar-refractivity contribution in [2.75, 3.05) is 0 Å². The van der Waals surface area contributed by atoms with Crippen molar-refractivity contribution in [3.63, 3.8) is 0 Å². The molecule has 0 aromatic carbocycles. The Labute approximate surface area is 99.2 Å². The molecule has 1 aromatic rings. The molecule has 2 nitrogen and oxygen atoms in total. The molecule has 1 aromatic heterocycles. The number of carboxylic acids is 1. The van der Waals surface area contributed by atoms with Gasteiger partial charge in [0, 0.05) is 6.08 Å². The molecule has 0 aliphatic heterocycles. The van der Waals surface area contributed by atoms with Crippen LogP contribution in [-0.4, -0.2) is 11.1 Å². The van der Waals surface area contributed by atoms with Gasteiger partial charge < -0.3 is 5.11 Å². The largest absolute Gasteiger partial charge is 0.478 e. The molecule has 1 heterocycles. The predicted octanol–water partition coefficient (Wildman–Crippen LogP) is 3.74. The molecule has 0 saturated carbocycles. The maximum atomic E-state index is 10.4. The highest BCUT2D eigenvalue weighted by atomic mass is 32.1. The Balaban J connectivity index is 2.66. The summed E-state index contributed by atoms with van der Waals surface area (Å²) in [5.41, 5.74) is 3.09. The number of carboxylic acid groups (broad SMARTS) is 1. The van der Waals surface area contributed by atoms with Crippen LogP contribution in [0.15, 0.2) is 46.7 Å². The van der Waals surface area contributed by atoms with Gasteiger partial charge in [0.2, 0.25) is 0 Å². The first kappa shape index (κ1) is 12.5. The standard InChI is InChI=1S/C13H14O2S/c1-10(8-13(14)15)4-3-5-11(2)12-6-7-16-9-12/h3-9H,1-2H3,(H,14,15)/b4-3+,10-8+,11-5+. The maximum Gasteiger partial charge on any atom is 0.328 e. The molecule has 0 spiro atoms. The molecule has 84 valence electrons. The summed E-state index contributed by atoms with van der Waals surface area (Å²) in [6.45, 7) is 3.79. The molecule has 0 amide bonds. The van der Waals surface area contributed by atoms with E-state index in [9.17, 15) is 4.79 Å². The summed E-state index contributed by atoms with van der Waals surface area (Å²) < 4.78 is 0. The first-order valence-electron chi connectivity index (χ1n) is 4.88. The third kappa shape index (κ3) is 4.28. The quantitative estimate of drug-likeness (QED) is 0.636. The zero-order chi connectivity index (χ0) is 12.0. The minimum absolute atomic E-state index is 0.724. The molecular formula is C13H14O2S. The van der Waals surface area contributed by atoms with Crippen molar-refractivity contribution in [2.24, 2.45) is 0 Å². The Kier molecular flexibility index (Phi) is 4.73. The number of thiophene rings is 1. The lowest BCUT2D eigenvalue weighted by atomic mass is 10.1. The first-order chi connectivity index (χ1) is 7.59. The monoisotopic (exact) mass is 234 g/mol. The molecule has 1 rings (SSSR count). The van der Waals surface area contributed by atoms with Crippen molar-refractivity contribution >= 4 is 22.9 Å². The van der Waals surface area contributed by atoms with Gasteiger partial charge in [0.1, 0.15) is 0 Å². The highest BCUT2D eigenvalue weighted by molar-refractivity contribution is 7.08. The van der Waals surface area contributed by atoms with Crippen molar-refractivity contribution < 1.29 is 9.90 Å². The number of rotatable bonds is 4. The molecule has 0 saturated heterocycles. The second-order valence-corrected chi connectivity index (χ2v) is 4.23. The molecule has 16 heavy (non-hydrogen) atoms. The van der Waals surface area contributed by atoms with E-state index in [1.807, 2.05) is 24.5 Å². The van der Waals surface area contributed by atoms with Crippen molar-refractivity contribution in [3.05, 3.63) is 52.3 Å². The van der Waals surface area contributed by atoms with Crippen LogP contribution in [0, 0.1) is 0 Å². The van der Waals surface area contributed by atoms with Gasteiger partial charge in [-0.3, -0.25) is 0 Å². The van der Waals surface area contributed by atoms with E-state index in [1.54, 1.807) is 24.3 Å². The van der Waals surface area contributed by atoms with Gasteiger partial charge in [0.05, 0.1) is 0 Å². The minimum atomic E-state index is -0.916. The third-order valence-electron chi connectivity index (χ3n) is 2.03. The Hall–Kier alpha value is -1.61. The van der Waals surface area contributed by atoms with Crippen LogP contribution >= 0.6 is 11.3 Å². The third-order valence-corrected chi connectivity index (χ3v) is 2.72. The summed E-state index contributed by atoms with van der Waals surface area (Å²) in [7, 11) is 0. The van der Waals surface area contributed by atoms with Crippen LogP contribution in [0.4, 0.5) is 0 Å². The molecule has 3 heteroatoms. The highest BCUT2D eigenvalue weighted by Crippen LogP contribution is 2.16. The van der Waals surface area contributed by atoms with E-state index in [0.29, 0.717) is 0 Å². The van der Waals surface area contributed by atoms with Crippen LogP contribution in [-0.2, 0) is 4.79 Å². The van der Waals surface area contributed by atoms with E-state index in [0.717, 1.165) is 5.57 Å². The summed E-state index contributed by atoms with van der Waals surface area (Å²) in [6, 6.07) is 2.06. The smallest absolute Gasteiger partial charge is 0.328 e. The Morgan fingerprint density at radius 1 is 1.44 bits per heavy atom. The molecule has 0 atom stereocenters. The molecule has 0 radical (unpaired) electrons. The van der Waals surface area contributed by atoms with Crippen LogP contribution in [0.1, 0.15) is 19.4 Å². The van der Waals surface area contributed by atoms with Crippen LogP contribution in [0.3, 0.4) is 0 Å². The van der Waals surface area contributed by atoms with E-state index in [2.05, 4.69) is 11.4 Å². The summed E-state index contributed by atoms with van der Waals surface area (Å²) in [6.07, 6.45) is 6.80. The summed E-state index contributed by atoms with van der Waals surface area (Å²) >= 11 is 1.66. The SMILES string of the molecule is CC(/C=C/C=C(\C)c1ccsc1)=C\C(=O)O. The van der Waals surface area contributed by atoms with Gasteiger partial charge in [-0.15, -0.1) is 0 Å². The Morgan fingerprint density at radius 3 is 2.75 bits per heavy atom. The summed E-state index contributed by atoms with van der Waals surface area (Å²) in [5.74, 6) is -0.916. The second-order valence-electron chi connectivity index (χ2n) is 3.45. The van der Waals surface area contributed by atoms with Crippen molar-refractivity contribution in [2.45, 2.75) is 13.8 Å². The van der Waals surface area contributed by atoms with E-state index >= 15 is 0 Å². The fraction of sp³-hybridized carbons (Fsp3) is 0.154. The van der Waals surface area contributed by atoms with Gasteiger partial charge in [0.15, 0.2) is 0 Å². The van der Waals surface area contributed by atoms with Gasteiger partial charge in [-0.1, -0.05) is 18.2 Å². The zero-order valence-corrected chi connectivity index (χ0v) is 10.1. The lowest BCUT2D eigenvalue weighted by Crippen LogP contribution is -1.87. The first-order valence-corrected chi connectivity index (χ1v) is 5.82. The summed E-state index contributed by atoms with van der Waals surface area (Å²) in [5, 5.41) is 12.6. The predicted molar refractivity (Wildman–Crippen MR) is 68.5 cm³/mol. The fourth-order valence-corrected chi connectivity index (χ4v) is 1.89. The van der Waals surface area contributed by atoms with Crippen molar-refractivity contribution in [3.8, 4) is 0 Å². The van der Waals surface area contributed by atoms with Crippen LogP contribution < -0.4 is 0 Å². The van der Waals surface area contributed by atoms with Gasteiger partial charge in [-0.2, -0.15) is 11.3 Å². The molecule has 0 unspecified atom stereocenters. The lowest BCUT2D eigenvalue weighted by Gasteiger charge is -1.93. The van der Waals surface area contributed by atoms with E-state index in [4.69, 9.17) is 5.11 Å². The van der Waals surface area contributed by atoms with Gasteiger partial charge in [-0.25, -0.2) is 4.79 Å². The van der Waals surface area contributed by atoms with Gasteiger partial charge in [-0.05, 0) is 47.4 Å². The fourth-order valence-electron chi connectivity index (χ4n) is 1.17. The van der Waals surface area contributed by atoms with Crippen LogP contribution in [0.5, 0.6) is 0 Å². The molecular weight excluding hydrogens is 220 g/mol. The topological polar surface area (TPSA) is 37.3 Å². The average molecular weight is 234 g/mol. The van der Waals surface area contributed by atoms with Crippen molar-refractivity contribution in [1.82, 2.24) is 0 Å². The number of aliphatic carboxylic acids is 1. The van der Waals surface area contributed by atoms with E-state index in [-0.39, 0.29) is 0 Å². The number of allylic oxidation sites excluding steroid dienone is 5. The number of hydrogen-bond acceptors (Lipinski definition) is 2. The number of hydrogen-bond donors (Lipinski definition) is 1. The highest BCUT2D eigenvalue weighted by Gasteiger charge is 1.93. The number of carbonyl (C=O) groups is 1. The molecule has 1 N–H and O–H groups in total.